The minimum Gasteiger partial charge on any atom is -0.379 e. The standard InChI is InChI=1S/C21H27ClN4O3S/c1-15-16(2)30-21(23-15)24-19(27)14-26(9-3-8-25-10-12-29-13-11-25)20(28)17-4-6-18(22)7-5-17/h4-7H,3,8-14H2,1-2H3,(H,23,24,27). The molecule has 1 aliphatic heterocycles. The lowest BCUT2D eigenvalue weighted by atomic mass is 10.2. The van der Waals surface area contributed by atoms with Gasteiger partial charge in [0.2, 0.25) is 5.91 Å². The number of morpholine rings is 1. The molecule has 30 heavy (non-hydrogen) atoms. The normalized spacial score (nSPS) is 14.5. The molecule has 7 nitrogen and oxygen atoms in total. The Labute approximate surface area is 186 Å². The van der Waals surface area contributed by atoms with Gasteiger partial charge < -0.3 is 15.0 Å². The lowest BCUT2D eigenvalue weighted by molar-refractivity contribution is -0.116. The highest BCUT2D eigenvalue weighted by Gasteiger charge is 2.20. The summed E-state index contributed by atoms with van der Waals surface area (Å²) in [5, 5.41) is 3.94. The van der Waals surface area contributed by atoms with Crippen molar-refractivity contribution in [2.45, 2.75) is 20.3 Å². The third kappa shape index (κ3) is 6.50. The van der Waals surface area contributed by atoms with Crippen LogP contribution in [0.4, 0.5) is 5.13 Å². The van der Waals surface area contributed by atoms with Crippen molar-refractivity contribution < 1.29 is 14.3 Å². The van der Waals surface area contributed by atoms with Crippen LogP contribution in [0.1, 0.15) is 27.3 Å². The average molecular weight is 451 g/mol. The van der Waals surface area contributed by atoms with Crippen LogP contribution in [-0.4, -0.2) is 72.5 Å². The number of hydrogen-bond acceptors (Lipinski definition) is 6. The van der Waals surface area contributed by atoms with Crippen LogP contribution in [-0.2, 0) is 9.53 Å². The number of nitrogens with zero attached hydrogens (tertiary/aromatic N) is 3. The van der Waals surface area contributed by atoms with Crippen LogP contribution < -0.4 is 5.32 Å². The van der Waals surface area contributed by atoms with Gasteiger partial charge in [0.05, 0.1) is 18.9 Å². The average Bonchev–Trinajstić information content (AvgIpc) is 3.04. The molecule has 1 aromatic heterocycles. The van der Waals surface area contributed by atoms with Crippen molar-refractivity contribution in [2.24, 2.45) is 0 Å². The van der Waals surface area contributed by atoms with Crippen molar-refractivity contribution >= 4 is 39.9 Å². The van der Waals surface area contributed by atoms with E-state index in [0.717, 1.165) is 49.8 Å². The molecule has 3 rings (SSSR count). The van der Waals surface area contributed by atoms with Gasteiger partial charge in [0.15, 0.2) is 5.13 Å². The summed E-state index contributed by atoms with van der Waals surface area (Å²) in [6.45, 7) is 8.46. The monoisotopic (exact) mass is 450 g/mol. The lowest BCUT2D eigenvalue weighted by Crippen LogP contribution is -2.41. The Balaban J connectivity index is 1.63. The number of halogens is 1. The fourth-order valence-electron chi connectivity index (χ4n) is 3.20. The first-order valence-corrected chi connectivity index (χ1v) is 11.2. The third-order valence-electron chi connectivity index (χ3n) is 4.99. The predicted octanol–water partition coefficient (Wildman–Crippen LogP) is 3.22. The summed E-state index contributed by atoms with van der Waals surface area (Å²) < 4.78 is 5.38. The predicted molar refractivity (Wildman–Crippen MR) is 119 cm³/mol. The molecule has 1 aliphatic rings. The number of aryl methyl sites for hydroxylation is 2. The van der Waals surface area contributed by atoms with Crippen LogP contribution in [0, 0.1) is 13.8 Å². The maximum Gasteiger partial charge on any atom is 0.254 e. The van der Waals surface area contributed by atoms with Gasteiger partial charge in [0.1, 0.15) is 6.54 Å². The zero-order chi connectivity index (χ0) is 21.5. The molecule has 0 bridgehead atoms. The first-order valence-electron chi connectivity index (χ1n) is 10.0. The van der Waals surface area contributed by atoms with Crippen LogP contribution in [0.3, 0.4) is 0 Å². The fraction of sp³-hybridized carbons (Fsp3) is 0.476. The van der Waals surface area contributed by atoms with Gasteiger partial charge in [-0.1, -0.05) is 11.6 Å². The first-order chi connectivity index (χ1) is 14.4. The molecule has 9 heteroatoms. The molecule has 0 saturated carbocycles. The number of hydrogen-bond donors (Lipinski definition) is 1. The summed E-state index contributed by atoms with van der Waals surface area (Å²) in [6.07, 6.45) is 0.780. The number of rotatable bonds is 8. The largest absolute Gasteiger partial charge is 0.379 e. The molecule has 0 unspecified atom stereocenters. The van der Waals surface area contributed by atoms with Gasteiger partial charge in [-0.05, 0) is 44.5 Å². The molecular formula is C21H27ClN4O3S. The number of aromatic nitrogens is 1. The highest BCUT2D eigenvalue weighted by atomic mass is 35.5. The maximum atomic E-state index is 13.0. The summed E-state index contributed by atoms with van der Waals surface area (Å²) in [6, 6.07) is 6.74. The molecule has 1 N–H and O–H groups in total. The molecule has 1 saturated heterocycles. The van der Waals surface area contributed by atoms with E-state index in [2.05, 4.69) is 15.2 Å². The number of carbonyl (C=O) groups is 2. The number of benzene rings is 1. The Bertz CT molecular complexity index is 846. The molecule has 2 amide bonds. The van der Waals surface area contributed by atoms with Crippen molar-refractivity contribution in [1.82, 2.24) is 14.8 Å². The number of carbonyl (C=O) groups excluding carboxylic acids is 2. The Hall–Kier alpha value is -2.00. The Morgan fingerprint density at radius 3 is 2.57 bits per heavy atom. The maximum absolute atomic E-state index is 13.0. The van der Waals surface area contributed by atoms with Gasteiger partial charge in [-0.2, -0.15) is 0 Å². The van der Waals surface area contributed by atoms with Crippen LogP contribution in [0.5, 0.6) is 0 Å². The van der Waals surface area contributed by atoms with Crippen LogP contribution >= 0.6 is 22.9 Å². The molecule has 162 valence electrons. The molecule has 1 aromatic carbocycles. The van der Waals surface area contributed by atoms with E-state index in [0.29, 0.717) is 22.3 Å². The van der Waals surface area contributed by atoms with Crippen LogP contribution in [0.2, 0.25) is 5.02 Å². The van der Waals surface area contributed by atoms with E-state index < -0.39 is 0 Å². The first kappa shape index (κ1) is 22.7. The summed E-state index contributed by atoms with van der Waals surface area (Å²) in [4.78, 5) is 35.0. The van der Waals surface area contributed by atoms with Crippen LogP contribution in [0.25, 0.3) is 0 Å². The molecule has 0 aliphatic carbocycles. The SMILES string of the molecule is Cc1nc(NC(=O)CN(CCCN2CCOCC2)C(=O)c2ccc(Cl)cc2)sc1C. The van der Waals surface area contributed by atoms with Gasteiger partial charge >= 0.3 is 0 Å². The Morgan fingerprint density at radius 2 is 1.93 bits per heavy atom. The van der Waals surface area contributed by atoms with Gasteiger partial charge in [0.25, 0.3) is 5.91 Å². The molecular weight excluding hydrogens is 424 g/mol. The highest BCUT2D eigenvalue weighted by Crippen LogP contribution is 2.21. The quantitative estimate of drug-likeness (QED) is 0.668. The Morgan fingerprint density at radius 1 is 1.23 bits per heavy atom. The minimum absolute atomic E-state index is 0.0255. The smallest absolute Gasteiger partial charge is 0.254 e. The summed E-state index contributed by atoms with van der Waals surface area (Å²) in [5.74, 6) is -0.437. The Kier molecular flexibility index (Phi) is 8.21. The zero-order valence-electron chi connectivity index (χ0n) is 17.3. The van der Waals surface area contributed by atoms with Crippen molar-refractivity contribution in [3.8, 4) is 0 Å². The lowest BCUT2D eigenvalue weighted by Gasteiger charge is -2.28. The van der Waals surface area contributed by atoms with E-state index in [-0.39, 0.29) is 18.4 Å². The number of ether oxygens (including phenoxy) is 1. The second kappa shape index (κ2) is 10.9. The molecule has 0 spiro atoms. The molecule has 1 fully saturated rings. The van der Waals surface area contributed by atoms with Crippen molar-refractivity contribution in [3.05, 3.63) is 45.4 Å². The molecule has 0 radical (unpaired) electrons. The molecule has 2 heterocycles. The van der Waals surface area contributed by atoms with Crippen molar-refractivity contribution in [2.75, 3.05) is 51.3 Å². The van der Waals surface area contributed by atoms with E-state index in [1.165, 1.54) is 11.3 Å². The number of amides is 2. The van der Waals surface area contributed by atoms with Gasteiger partial charge in [-0.25, -0.2) is 4.98 Å². The number of anilines is 1. The highest BCUT2D eigenvalue weighted by molar-refractivity contribution is 7.15. The van der Waals surface area contributed by atoms with E-state index in [9.17, 15) is 9.59 Å². The fourth-order valence-corrected chi connectivity index (χ4v) is 4.15. The molecule has 0 atom stereocenters. The summed E-state index contributed by atoms with van der Waals surface area (Å²) >= 11 is 7.38. The minimum atomic E-state index is -0.252. The van der Waals surface area contributed by atoms with E-state index in [1.54, 1.807) is 29.2 Å². The van der Waals surface area contributed by atoms with E-state index in [4.69, 9.17) is 16.3 Å². The van der Waals surface area contributed by atoms with Crippen molar-refractivity contribution in [3.63, 3.8) is 0 Å². The number of nitrogens with one attached hydrogen (secondary N) is 1. The van der Waals surface area contributed by atoms with Gasteiger partial charge in [-0.3, -0.25) is 14.5 Å². The van der Waals surface area contributed by atoms with Crippen molar-refractivity contribution in [1.29, 1.82) is 0 Å². The summed E-state index contributed by atoms with van der Waals surface area (Å²) in [7, 11) is 0. The number of thiazole rings is 1. The van der Waals surface area contributed by atoms with Gasteiger partial charge in [0, 0.05) is 41.6 Å². The zero-order valence-corrected chi connectivity index (χ0v) is 18.9. The summed E-state index contributed by atoms with van der Waals surface area (Å²) in [5.41, 5.74) is 1.41. The van der Waals surface area contributed by atoms with Crippen LogP contribution in [0.15, 0.2) is 24.3 Å². The second-order valence-corrected chi connectivity index (χ2v) is 8.89. The topological polar surface area (TPSA) is 74.8 Å². The second-order valence-electron chi connectivity index (χ2n) is 7.25. The molecule has 2 aromatic rings. The third-order valence-corrected chi connectivity index (χ3v) is 6.23. The van der Waals surface area contributed by atoms with E-state index in [1.807, 2.05) is 13.8 Å². The van der Waals surface area contributed by atoms with Gasteiger partial charge in [-0.15, -0.1) is 11.3 Å². The van der Waals surface area contributed by atoms with E-state index >= 15 is 0 Å².